The highest BCUT2D eigenvalue weighted by molar-refractivity contribution is 7.47. The largest absolute Gasteiger partial charge is 0.472 e. The molecule has 0 radical (unpaired) electrons. The minimum atomic E-state index is -4.99. The van der Waals surface area contributed by atoms with Gasteiger partial charge in [-0.3, -0.25) is 37.3 Å². The number of rotatable bonds is 70. The standard InChI is InChI=1S/C77H134O17P2/c1-5-9-13-17-21-25-29-32-34-35-37-40-43-46-50-54-58-62-75(80)88-68-73(94-77(82)64-60-56-52-48-44-38-31-27-23-19-15-11-7-3)70-92-96(85,86)90-66-71(78)65-89-95(83,84)91-69-72(93-76(81)63-59-55-51-47-41-28-24-20-16-12-8-4)67-87-74(79)61-57-53-49-45-42-39-36-33-30-26-22-18-14-10-6-2/h9,13,15,19,21,25,27,31-34,36-37,40,46,50,71-73,78H,5-8,10-12,14,16-18,20,22-24,26,28-30,35,38-39,41-45,47-49,51-70H2,1-4H3,(H,83,84)(H,85,86)/b13-9-,19-15-,25-21-,31-27-,34-32-,36-33-,40-37-,50-46-. The van der Waals surface area contributed by atoms with Crippen molar-refractivity contribution >= 4 is 39.5 Å². The number of phosphoric acid groups is 2. The summed E-state index contributed by atoms with van der Waals surface area (Å²) in [5, 5.41) is 10.6. The summed E-state index contributed by atoms with van der Waals surface area (Å²) in [6.07, 6.45) is 71.3. The van der Waals surface area contributed by atoms with E-state index in [2.05, 4.69) is 113 Å². The molecule has 0 fully saturated rings. The Labute approximate surface area is 582 Å². The van der Waals surface area contributed by atoms with Gasteiger partial charge in [0.2, 0.25) is 0 Å². The van der Waals surface area contributed by atoms with Gasteiger partial charge >= 0.3 is 39.5 Å². The Kier molecular flexibility index (Phi) is 66.6. The summed E-state index contributed by atoms with van der Waals surface area (Å²) in [5.41, 5.74) is 0. The van der Waals surface area contributed by atoms with Crippen molar-refractivity contribution in [1.29, 1.82) is 0 Å². The van der Waals surface area contributed by atoms with Crippen LogP contribution in [-0.2, 0) is 65.4 Å². The van der Waals surface area contributed by atoms with Crippen molar-refractivity contribution in [1.82, 2.24) is 0 Å². The number of unbranched alkanes of at least 4 members (excludes halogenated alkanes) is 28. The van der Waals surface area contributed by atoms with Crippen LogP contribution in [0.1, 0.15) is 310 Å². The number of hydrogen-bond donors (Lipinski definition) is 3. The zero-order chi connectivity index (χ0) is 70.4. The molecule has 96 heavy (non-hydrogen) atoms. The molecule has 554 valence electrons. The molecule has 3 N–H and O–H groups in total. The zero-order valence-corrected chi connectivity index (χ0v) is 62.1. The second-order valence-corrected chi connectivity index (χ2v) is 27.8. The van der Waals surface area contributed by atoms with Crippen molar-refractivity contribution in [2.75, 3.05) is 39.6 Å². The number of aliphatic hydroxyl groups excluding tert-OH is 1. The molecule has 0 aromatic rings. The Morgan fingerprint density at radius 3 is 0.927 bits per heavy atom. The van der Waals surface area contributed by atoms with Crippen LogP contribution >= 0.6 is 15.6 Å². The maximum Gasteiger partial charge on any atom is 0.472 e. The van der Waals surface area contributed by atoms with Gasteiger partial charge in [0, 0.05) is 25.7 Å². The lowest BCUT2D eigenvalue weighted by Crippen LogP contribution is -2.30. The number of ether oxygens (including phenoxy) is 4. The van der Waals surface area contributed by atoms with E-state index in [1.165, 1.54) is 77.0 Å². The van der Waals surface area contributed by atoms with Gasteiger partial charge in [0.25, 0.3) is 0 Å². The molecular weight excluding hydrogens is 1260 g/mol. The summed E-state index contributed by atoms with van der Waals surface area (Å²) < 4.78 is 68.3. The van der Waals surface area contributed by atoms with Crippen molar-refractivity contribution in [3.8, 4) is 0 Å². The van der Waals surface area contributed by atoms with Crippen LogP contribution in [0.15, 0.2) is 97.2 Å². The maximum atomic E-state index is 13.0. The summed E-state index contributed by atoms with van der Waals surface area (Å²) in [5.74, 6) is -2.26. The molecule has 0 amide bonds. The van der Waals surface area contributed by atoms with E-state index in [-0.39, 0.29) is 25.7 Å². The molecule has 5 unspecified atom stereocenters. The average Bonchev–Trinajstić information content (AvgIpc) is 1.17. The first kappa shape index (κ1) is 92.0. The summed E-state index contributed by atoms with van der Waals surface area (Å²) in [7, 11) is -9.96. The molecular formula is C77H134O17P2. The van der Waals surface area contributed by atoms with Gasteiger partial charge < -0.3 is 33.8 Å². The van der Waals surface area contributed by atoms with E-state index in [0.29, 0.717) is 32.1 Å². The molecule has 0 aromatic carbocycles. The molecule has 0 heterocycles. The predicted octanol–water partition coefficient (Wildman–Crippen LogP) is 21.2. The first-order chi connectivity index (χ1) is 46.7. The third-order valence-corrected chi connectivity index (χ3v) is 17.4. The van der Waals surface area contributed by atoms with Gasteiger partial charge in [-0.2, -0.15) is 0 Å². The van der Waals surface area contributed by atoms with Gasteiger partial charge in [-0.15, -0.1) is 0 Å². The molecule has 0 saturated heterocycles. The van der Waals surface area contributed by atoms with E-state index in [1.54, 1.807) is 0 Å². The van der Waals surface area contributed by atoms with Crippen LogP contribution in [0.5, 0.6) is 0 Å². The second kappa shape index (κ2) is 69.5. The fourth-order valence-corrected chi connectivity index (χ4v) is 11.4. The lowest BCUT2D eigenvalue weighted by molar-refractivity contribution is -0.161. The Balaban J connectivity index is 5.37. The molecule has 0 bridgehead atoms. The van der Waals surface area contributed by atoms with E-state index >= 15 is 0 Å². The van der Waals surface area contributed by atoms with Crippen molar-refractivity contribution in [2.24, 2.45) is 0 Å². The Bertz CT molecular complexity index is 2200. The molecule has 0 spiro atoms. The predicted molar refractivity (Wildman–Crippen MR) is 390 cm³/mol. The molecule has 0 aromatic heterocycles. The van der Waals surface area contributed by atoms with Crippen molar-refractivity contribution < 1.29 is 80.2 Å². The van der Waals surface area contributed by atoms with E-state index in [1.807, 2.05) is 12.2 Å². The fraction of sp³-hybridized carbons (Fsp3) is 0.740. The summed E-state index contributed by atoms with van der Waals surface area (Å²) in [6.45, 7) is 4.60. The number of allylic oxidation sites excluding steroid dienone is 16. The molecule has 0 aliphatic carbocycles. The van der Waals surface area contributed by atoms with Crippen molar-refractivity contribution in [2.45, 2.75) is 329 Å². The second-order valence-electron chi connectivity index (χ2n) is 24.9. The first-order valence-corrected chi connectivity index (χ1v) is 40.5. The molecule has 17 nitrogen and oxygen atoms in total. The highest BCUT2D eigenvalue weighted by Crippen LogP contribution is 2.45. The van der Waals surface area contributed by atoms with Crippen LogP contribution in [0.3, 0.4) is 0 Å². The van der Waals surface area contributed by atoms with Gasteiger partial charge in [0.15, 0.2) is 12.2 Å². The number of carbonyl (C=O) groups excluding carboxylic acids is 4. The number of aliphatic hydroxyl groups is 1. The highest BCUT2D eigenvalue weighted by Gasteiger charge is 2.30. The number of phosphoric ester groups is 2. The monoisotopic (exact) mass is 1390 g/mol. The quantitative estimate of drug-likeness (QED) is 0.0169. The first-order valence-electron chi connectivity index (χ1n) is 37.5. The van der Waals surface area contributed by atoms with Gasteiger partial charge in [-0.1, -0.05) is 266 Å². The van der Waals surface area contributed by atoms with Crippen LogP contribution in [0.25, 0.3) is 0 Å². The number of carbonyl (C=O) groups is 4. The smallest absolute Gasteiger partial charge is 0.462 e. The third kappa shape index (κ3) is 68.5. The van der Waals surface area contributed by atoms with E-state index in [0.717, 1.165) is 148 Å². The van der Waals surface area contributed by atoms with Gasteiger partial charge in [-0.05, 0) is 116 Å². The molecule has 0 rings (SSSR count). The maximum absolute atomic E-state index is 13.0. The fourth-order valence-electron chi connectivity index (χ4n) is 9.82. The minimum Gasteiger partial charge on any atom is -0.462 e. The molecule has 5 atom stereocenters. The molecule has 0 aliphatic rings. The van der Waals surface area contributed by atoms with Gasteiger partial charge in [-0.25, -0.2) is 9.13 Å². The Morgan fingerprint density at radius 2 is 0.573 bits per heavy atom. The lowest BCUT2D eigenvalue weighted by Gasteiger charge is -2.21. The normalized spacial score (nSPS) is 14.5. The Morgan fingerprint density at radius 1 is 0.302 bits per heavy atom. The summed E-state index contributed by atoms with van der Waals surface area (Å²) in [4.78, 5) is 72.7. The van der Waals surface area contributed by atoms with Crippen LogP contribution in [0.4, 0.5) is 0 Å². The average molecular weight is 1390 g/mol. The molecule has 0 aliphatic heterocycles. The highest BCUT2D eigenvalue weighted by atomic mass is 31.2. The SMILES string of the molecule is CC/C=C\C/C=C\C/C=C\C/C=C\C/C=C\CCCC(=O)OCC(COP(=O)(O)OCC(O)COP(=O)(O)OCC(COC(=O)CCCCCCC/C=C\CCCCCCCC)OC(=O)CCCCCCCCCCCCC)OC(=O)CCCCCCC/C=C\C/C=C\CCC. The van der Waals surface area contributed by atoms with E-state index in [4.69, 9.17) is 37.0 Å². The third-order valence-electron chi connectivity index (χ3n) is 15.5. The van der Waals surface area contributed by atoms with Crippen LogP contribution in [0.2, 0.25) is 0 Å². The van der Waals surface area contributed by atoms with E-state index < -0.39 is 97.5 Å². The van der Waals surface area contributed by atoms with Gasteiger partial charge in [0.05, 0.1) is 26.4 Å². The minimum absolute atomic E-state index is 0.0661. The zero-order valence-electron chi connectivity index (χ0n) is 60.3. The van der Waals surface area contributed by atoms with Crippen LogP contribution < -0.4 is 0 Å². The molecule has 0 saturated carbocycles. The van der Waals surface area contributed by atoms with Crippen molar-refractivity contribution in [3.63, 3.8) is 0 Å². The topological polar surface area (TPSA) is 237 Å². The number of esters is 4. The Hall–Kier alpha value is -4.02. The molecule has 19 heteroatoms. The summed E-state index contributed by atoms with van der Waals surface area (Å²) in [6, 6.07) is 0. The van der Waals surface area contributed by atoms with Crippen LogP contribution in [-0.4, -0.2) is 96.7 Å². The van der Waals surface area contributed by atoms with E-state index in [9.17, 15) is 43.2 Å². The van der Waals surface area contributed by atoms with Gasteiger partial charge in [0.1, 0.15) is 19.3 Å². The number of hydrogen-bond acceptors (Lipinski definition) is 15. The summed E-state index contributed by atoms with van der Waals surface area (Å²) >= 11 is 0. The lowest BCUT2D eigenvalue weighted by atomic mass is 10.1. The van der Waals surface area contributed by atoms with Crippen LogP contribution in [0, 0.1) is 0 Å². The van der Waals surface area contributed by atoms with Crippen molar-refractivity contribution in [3.05, 3.63) is 97.2 Å².